The fourth-order valence-corrected chi connectivity index (χ4v) is 3.15. The molecular weight excluding hydrogens is 332 g/mol. The molecule has 0 amide bonds. The van der Waals surface area contributed by atoms with E-state index in [2.05, 4.69) is 0 Å². The van der Waals surface area contributed by atoms with Gasteiger partial charge in [-0.05, 0) is 53.2 Å². The van der Waals surface area contributed by atoms with Crippen LogP contribution in [0.2, 0.25) is 0 Å². The summed E-state index contributed by atoms with van der Waals surface area (Å²) in [4.78, 5) is 13.1. The molecule has 4 aromatic rings. The van der Waals surface area contributed by atoms with Gasteiger partial charge in [-0.3, -0.25) is 4.79 Å². The van der Waals surface area contributed by atoms with Crippen LogP contribution < -0.4 is 0 Å². The summed E-state index contributed by atoms with van der Waals surface area (Å²) in [6.45, 7) is 0. The molecule has 0 spiro atoms. The Labute approximate surface area is 148 Å². The summed E-state index contributed by atoms with van der Waals surface area (Å²) >= 11 is 0. The topological polar surface area (TPSA) is 98.0 Å². The van der Waals surface area contributed by atoms with Gasteiger partial charge in [-0.2, -0.15) is 0 Å². The van der Waals surface area contributed by atoms with Gasteiger partial charge in [0.25, 0.3) is 0 Å². The lowest BCUT2D eigenvalue weighted by molar-refractivity contribution is 0.103. The van der Waals surface area contributed by atoms with Crippen LogP contribution in [0.4, 0.5) is 0 Å². The zero-order valence-electron chi connectivity index (χ0n) is 13.5. The molecule has 0 fully saturated rings. The highest BCUT2D eigenvalue weighted by Crippen LogP contribution is 2.36. The summed E-state index contributed by atoms with van der Waals surface area (Å²) in [5, 5.41) is 42.2. The number of aromatic hydroxyl groups is 4. The molecule has 0 atom stereocenters. The van der Waals surface area contributed by atoms with Crippen LogP contribution in [0, 0.1) is 0 Å². The van der Waals surface area contributed by atoms with E-state index in [-0.39, 0.29) is 34.1 Å². The molecule has 0 aromatic heterocycles. The van der Waals surface area contributed by atoms with Gasteiger partial charge in [0.05, 0.1) is 11.1 Å². The number of fused-ring (bicyclic) bond motifs is 2. The average Bonchev–Trinajstić information content (AvgIpc) is 2.61. The number of phenolic OH excluding ortho intramolecular Hbond substituents is 4. The number of hydrogen-bond acceptors (Lipinski definition) is 5. The predicted octanol–water partition coefficient (Wildman–Crippen LogP) is 4.05. The van der Waals surface area contributed by atoms with E-state index in [0.29, 0.717) is 21.5 Å². The maximum absolute atomic E-state index is 13.1. The van der Waals surface area contributed by atoms with Crippen molar-refractivity contribution in [2.45, 2.75) is 0 Å². The Balaban J connectivity index is 1.97. The van der Waals surface area contributed by atoms with Crippen LogP contribution in [0.15, 0.2) is 60.7 Å². The molecule has 128 valence electrons. The summed E-state index contributed by atoms with van der Waals surface area (Å²) in [5.41, 5.74) is 0.0289. The summed E-state index contributed by atoms with van der Waals surface area (Å²) in [5.74, 6) is -1.01. The maximum Gasteiger partial charge on any atom is 0.201 e. The lowest BCUT2D eigenvalue weighted by Crippen LogP contribution is -2.03. The van der Waals surface area contributed by atoms with Crippen LogP contribution >= 0.6 is 0 Å². The lowest BCUT2D eigenvalue weighted by Gasteiger charge is -2.11. The third-order valence-electron chi connectivity index (χ3n) is 4.43. The molecule has 5 heteroatoms. The molecule has 26 heavy (non-hydrogen) atoms. The van der Waals surface area contributed by atoms with E-state index in [9.17, 15) is 25.2 Å². The van der Waals surface area contributed by atoms with Gasteiger partial charge < -0.3 is 20.4 Å². The quantitative estimate of drug-likeness (QED) is 0.411. The van der Waals surface area contributed by atoms with E-state index in [1.165, 1.54) is 42.5 Å². The molecule has 0 bridgehead atoms. The molecule has 0 aliphatic rings. The first-order valence-electron chi connectivity index (χ1n) is 7.90. The van der Waals surface area contributed by atoms with Crippen LogP contribution in [0.3, 0.4) is 0 Å². The summed E-state index contributed by atoms with van der Waals surface area (Å²) in [6, 6.07) is 15.1. The minimum absolute atomic E-state index is 0.00632. The standard InChI is InChI=1S/C21H14O5/c22-13-5-7-15-12(9-13)2-6-16(20(15)25)21(26)19-17-10-14(23)4-1-11(17)3-8-18(19)24/h1-10,22-25H. The normalized spacial score (nSPS) is 11.1. The molecule has 4 rings (SSSR count). The predicted molar refractivity (Wildman–Crippen MR) is 98.0 cm³/mol. The minimum atomic E-state index is -0.564. The number of carbonyl (C=O) groups excluding carboxylic acids is 1. The summed E-state index contributed by atoms with van der Waals surface area (Å²) < 4.78 is 0. The largest absolute Gasteiger partial charge is 0.508 e. The summed E-state index contributed by atoms with van der Waals surface area (Å²) in [7, 11) is 0. The number of rotatable bonds is 2. The van der Waals surface area contributed by atoms with Crippen LogP contribution in [0.1, 0.15) is 15.9 Å². The molecule has 0 saturated carbocycles. The van der Waals surface area contributed by atoms with Crippen molar-refractivity contribution in [1.29, 1.82) is 0 Å². The van der Waals surface area contributed by atoms with Crippen LogP contribution in [0.25, 0.3) is 21.5 Å². The van der Waals surface area contributed by atoms with Crippen LogP contribution in [-0.2, 0) is 0 Å². The van der Waals surface area contributed by atoms with E-state index in [0.717, 1.165) is 0 Å². The van der Waals surface area contributed by atoms with Gasteiger partial charge in [-0.15, -0.1) is 0 Å². The minimum Gasteiger partial charge on any atom is -0.508 e. The Morgan fingerprint density at radius 3 is 2.12 bits per heavy atom. The Hall–Kier alpha value is -3.73. The van der Waals surface area contributed by atoms with Crippen molar-refractivity contribution in [1.82, 2.24) is 0 Å². The van der Waals surface area contributed by atoms with Gasteiger partial charge in [0.1, 0.15) is 23.0 Å². The van der Waals surface area contributed by atoms with Crippen molar-refractivity contribution in [3.63, 3.8) is 0 Å². The highest BCUT2D eigenvalue weighted by atomic mass is 16.3. The van der Waals surface area contributed by atoms with Crippen LogP contribution in [0.5, 0.6) is 23.0 Å². The highest BCUT2D eigenvalue weighted by molar-refractivity contribution is 6.20. The van der Waals surface area contributed by atoms with E-state index in [1.807, 2.05) is 0 Å². The second-order valence-corrected chi connectivity index (χ2v) is 6.06. The molecule has 0 aliphatic carbocycles. The SMILES string of the molecule is O=C(c1ccc2cc(O)ccc2c1O)c1c(O)ccc2ccc(O)cc12. The first-order valence-corrected chi connectivity index (χ1v) is 7.90. The fourth-order valence-electron chi connectivity index (χ4n) is 3.15. The zero-order chi connectivity index (χ0) is 18.4. The highest BCUT2D eigenvalue weighted by Gasteiger charge is 2.21. The molecule has 0 saturated heterocycles. The molecular formula is C21H14O5. The molecule has 0 aliphatic heterocycles. The van der Waals surface area contributed by atoms with Gasteiger partial charge >= 0.3 is 0 Å². The zero-order valence-corrected chi connectivity index (χ0v) is 13.5. The average molecular weight is 346 g/mol. The monoisotopic (exact) mass is 346 g/mol. The van der Waals surface area contributed by atoms with Gasteiger partial charge in [0, 0.05) is 10.8 Å². The number of hydrogen-bond donors (Lipinski definition) is 4. The molecule has 0 unspecified atom stereocenters. The molecule has 0 radical (unpaired) electrons. The van der Waals surface area contributed by atoms with Crippen molar-refractivity contribution in [3.8, 4) is 23.0 Å². The molecule has 0 heterocycles. The van der Waals surface area contributed by atoms with E-state index in [4.69, 9.17) is 0 Å². The molecule has 4 N–H and O–H groups in total. The third kappa shape index (κ3) is 2.38. The van der Waals surface area contributed by atoms with Crippen molar-refractivity contribution in [2.75, 3.05) is 0 Å². The van der Waals surface area contributed by atoms with Gasteiger partial charge in [0.15, 0.2) is 0 Å². The fraction of sp³-hybridized carbons (Fsp3) is 0. The first-order chi connectivity index (χ1) is 12.5. The number of benzene rings is 4. The van der Waals surface area contributed by atoms with Crippen LogP contribution in [-0.4, -0.2) is 26.2 Å². The summed E-state index contributed by atoms with van der Waals surface area (Å²) in [6.07, 6.45) is 0. The number of carbonyl (C=O) groups is 1. The Morgan fingerprint density at radius 1 is 0.654 bits per heavy atom. The Bertz CT molecular complexity index is 1190. The third-order valence-corrected chi connectivity index (χ3v) is 4.43. The Kier molecular flexibility index (Phi) is 3.44. The lowest BCUT2D eigenvalue weighted by atomic mass is 9.94. The van der Waals surface area contributed by atoms with Gasteiger partial charge in [0.2, 0.25) is 5.78 Å². The van der Waals surface area contributed by atoms with Gasteiger partial charge in [-0.25, -0.2) is 0 Å². The maximum atomic E-state index is 13.1. The van der Waals surface area contributed by atoms with Crippen molar-refractivity contribution >= 4 is 27.3 Å². The van der Waals surface area contributed by atoms with Gasteiger partial charge in [-0.1, -0.05) is 18.2 Å². The number of ketones is 1. The smallest absolute Gasteiger partial charge is 0.201 e. The molecule has 4 aromatic carbocycles. The Morgan fingerprint density at radius 2 is 1.31 bits per heavy atom. The molecule has 5 nitrogen and oxygen atoms in total. The van der Waals surface area contributed by atoms with E-state index < -0.39 is 5.78 Å². The van der Waals surface area contributed by atoms with Crippen molar-refractivity contribution in [2.24, 2.45) is 0 Å². The second-order valence-electron chi connectivity index (χ2n) is 6.06. The first kappa shape index (κ1) is 15.8. The second kappa shape index (κ2) is 5.67. The van der Waals surface area contributed by atoms with Crippen molar-refractivity contribution in [3.05, 3.63) is 71.8 Å². The van der Waals surface area contributed by atoms with Crippen molar-refractivity contribution < 1.29 is 25.2 Å². The van der Waals surface area contributed by atoms with E-state index >= 15 is 0 Å². The van der Waals surface area contributed by atoms with E-state index in [1.54, 1.807) is 18.2 Å². The number of phenols is 4.